The van der Waals surface area contributed by atoms with Gasteiger partial charge in [-0.25, -0.2) is 9.78 Å². The predicted molar refractivity (Wildman–Crippen MR) is 55.4 cm³/mol. The summed E-state index contributed by atoms with van der Waals surface area (Å²) in [7, 11) is 0. The Morgan fingerprint density at radius 3 is 2.69 bits per heavy atom. The number of aromatic nitrogens is 1. The topological polar surface area (TPSA) is 93.3 Å². The quantitative estimate of drug-likeness (QED) is 0.613. The fourth-order valence-electron chi connectivity index (χ4n) is 1.40. The highest BCUT2D eigenvalue weighted by molar-refractivity contribution is 5.94. The molecule has 1 aromatic carbocycles. The van der Waals surface area contributed by atoms with Crippen LogP contribution in [0.1, 0.15) is 10.5 Å². The molecule has 1 N–H and O–H groups in total. The average Bonchev–Trinajstić information content (AvgIpc) is 2.27. The summed E-state index contributed by atoms with van der Waals surface area (Å²) in [4.78, 5) is 24.5. The number of rotatable bonds is 2. The van der Waals surface area contributed by atoms with E-state index in [4.69, 9.17) is 5.11 Å². The van der Waals surface area contributed by atoms with E-state index in [1.54, 1.807) is 24.3 Å². The van der Waals surface area contributed by atoms with Crippen LogP contribution >= 0.6 is 0 Å². The molecule has 1 heterocycles. The van der Waals surface area contributed by atoms with Crippen molar-refractivity contribution < 1.29 is 14.8 Å². The SMILES string of the molecule is O=C(O)c1nc2ccccc2cc1[N+](=O)[O-]. The number of carboxylic acid groups (broad SMARTS) is 1. The second-order valence-electron chi connectivity index (χ2n) is 3.11. The van der Waals surface area contributed by atoms with E-state index in [-0.39, 0.29) is 0 Å². The van der Waals surface area contributed by atoms with E-state index >= 15 is 0 Å². The van der Waals surface area contributed by atoms with Gasteiger partial charge < -0.3 is 5.11 Å². The van der Waals surface area contributed by atoms with Gasteiger partial charge in [-0.1, -0.05) is 18.2 Å². The number of pyridine rings is 1. The molecule has 1 aromatic heterocycles. The largest absolute Gasteiger partial charge is 0.476 e. The molecule has 2 rings (SSSR count). The smallest absolute Gasteiger partial charge is 0.361 e. The molecule has 6 nitrogen and oxygen atoms in total. The summed E-state index contributed by atoms with van der Waals surface area (Å²) in [5.74, 6) is -1.41. The zero-order valence-corrected chi connectivity index (χ0v) is 7.95. The molecule has 0 saturated carbocycles. The third-order valence-corrected chi connectivity index (χ3v) is 2.10. The van der Waals surface area contributed by atoms with Gasteiger partial charge in [-0.15, -0.1) is 0 Å². The zero-order chi connectivity index (χ0) is 11.7. The van der Waals surface area contributed by atoms with Gasteiger partial charge in [-0.05, 0) is 6.07 Å². The van der Waals surface area contributed by atoms with Crippen molar-refractivity contribution in [1.82, 2.24) is 4.98 Å². The van der Waals surface area contributed by atoms with Crippen LogP contribution in [0.5, 0.6) is 0 Å². The normalized spacial score (nSPS) is 10.2. The summed E-state index contributed by atoms with van der Waals surface area (Å²) in [6, 6.07) is 7.85. The Morgan fingerprint density at radius 1 is 1.38 bits per heavy atom. The first-order chi connectivity index (χ1) is 7.59. The molecule has 0 aliphatic carbocycles. The van der Waals surface area contributed by atoms with Gasteiger partial charge in [0.1, 0.15) is 0 Å². The number of benzene rings is 1. The Labute approximate surface area is 89.3 Å². The Bertz CT molecular complexity index is 542. The monoisotopic (exact) mass is 218 g/mol. The minimum Gasteiger partial charge on any atom is -0.476 e. The number of hydrogen-bond donors (Lipinski definition) is 1. The second-order valence-corrected chi connectivity index (χ2v) is 3.11. The van der Waals surface area contributed by atoms with E-state index in [9.17, 15) is 14.9 Å². The molecular weight excluding hydrogens is 212 g/mol. The number of fused-ring (bicyclic) bond motifs is 1. The minimum absolute atomic E-state index is 0.422. The lowest BCUT2D eigenvalue weighted by atomic mass is 10.2. The molecule has 0 aliphatic heterocycles. The number of nitro groups is 1. The van der Waals surface area contributed by atoms with Crippen LogP contribution < -0.4 is 0 Å². The molecule has 0 bridgehead atoms. The van der Waals surface area contributed by atoms with Crippen LogP contribution in [0.4, 0.5) is 5.69 Å². The van der Waals surface area contributed by atoms with Crippen LogP contribution in [0.15, 0.2) is 30.3 Å². The molecule has 0 unspecified atom stereocenters. The molecule has 0 radical (unpaired) electrons. The lowest BCUT2D eigenvalue weighted by Crippen LogP contribution is -2.05. The number of para-hydroxylation sites is 1. The molecule has 16 heavy (non-hydrogen) atoms. The minimum atomic E-state index is -1.41. The van der Waals surface area contributed by atoms with Gasteiger partial charge >= 0.3 is 11.7 Å². The number of hydrogen-bond acceptors (Lipinski definition) is 4. The van der Waals surface area contributed by atoms with E-state index in [0.29, 0.717) is 10.9 Å². The standard InChI is InChI=1S/C10H6N2O4/c13-10(14)9-8(12(15)16)5-6-3-1-2-4-7(6)11-9/h1-5H,(H,13,14). The van der Waals surface area contributed by atoms with Crippen molar-refractivity contribution in [2.75, 3.05) is 0 Å². The van der Waals surface area contributed by atoms with Crippen LogP contribution in [0.3, 0.4) is 0 Å². The first-order valence-corrected chi connectivity index (χ1v) is 4.37. The van der Waals surface area contributed by atoms with E-state index in [2.05, 4.69) is 4.98 Å². The van der Waals surface area contributed by atoms with Gasteiger partial charge in [0.25, 0.3) is 0 Å². The van der Waals surface area contributed by atoms with Gasteiger partial charge in [0.2, 0.25) is 5.69 Å². The van der Waals surface area contributed by atoms with Crippen molar-refractivity contribution in [3.63, 3.8) is 0 Å². The van der Waals surface area contributed by atoms with Crippen molar-refractivity contribution in [3.8, 4) is 0 Å². The summed E-state index contributed by atoms with van der Waals surface area (Å²) in [6.45, 7) is 0. The summed E-state index contributed by atoms with van der Waals surface area (Å²) in [5.41, 5.74) is -0.611. The maximum absolute atomic E-state index is 10.8. The van der Waals surface area contributed by atoms with E-state index in [1.807, 2.05) is 0 Å². The Morgan fingerprint density at radius 2 is 2.06 bits per heavy atom. The number of carbonyl (C=O) groups is 1. The number of nitrogens with zero attached hydrogens (tertiary/aromatic N) is 2. The van der Waals surface area contributed by atoms with Gasteiger partial charge in [-0.2, -0.15) is 0 Å². The summed E-state index contributed by atoms with van der Waals surface area (Å²) in [5, 5.41) is 20.0. The predicted octanol–water partition coefficient (Wildman–Crippen LogP) is 1.84. The summed E-state index contributed by atoms with van der Waals surface area (Å²) >= 11 is 0. The van der Waals surface area contributed by atoms with Crippen LogP contribution in [0.2, 0.25) is 0 Å². The third-order valence-electron chi connectivity index (χ3n) is 2.10. The average molecular weight is 218 g/mol. The Hall–Kier alpha value is -2.50. The Balaban J connectivity index is 2.81. The summed E-state index contributed by atoms with van der Waals surface area (Å²) < 4.78 is 0. The fraction of sp³-hybridized carbons (Fsp3) is 0. The van der Waals surface area contributed by atoms with Gasteiger partial charge in [0.15, 0.2) is 0 Å². The van der Waals surface area contributed by atoms with Crippen molar-refractivity contribution in [3.05, 3.63) is 46.1 Å². The lowest BCUT2D eigenvalue weighted by molar-refractivity contribution is -0.385. The highest BCUT2D eigenvalue weighted by Gasteiger charge is 2.22. The van der Waals surface area contributed by atoms with Crippen LogP contribution in [0, 0.1) is 10.1 Å². The van der Waals surface area contributed by atoms with Crippen molar-refractivity contribution >= 4 is 22.6 Å². The molecule has 0 aliphatic rings. The van der Waals surface area contributed by atoms with Crippen LogP contribution in [-0.4, -0.2) is 21.0 Å². The molecule has 0 fully saturated rings. The molecular formula is C10H6N2O4. The molecule has 6 heteroatoms. The maximum Gasteiger partial charge on any atom is 0.361 e. The highest BCUT2D eigenvalue weighted by atomic mass is 16.6. The molecule has 0 saturated heterocycles. The first kappa shape index (κ1) is 10.0. The Kier molecular flexibility index (Phi) is 2.24. The van der Waals surface area contributed by atoms with E-state index in [1.165, 1.54) is 6.07 Å². The first-order valence-electron chi connectivity index (χ1n) is 4.37. The molecule has 0 atom stereocenters. The second kappa shape index (κ2) is 3.58. The third kappa shape index (κ3) is 1.56. The number of aromatic carboxylic acids is 1. The summed E-state index contributed by atoms with van der Waals surface area (Å²) in [6.07, 6.45) is 0. The van der Waals surface area contributed by atoms with Crippen LogP contribution in [0.25, 0.3) is 10.9 Å². The lowest BCUT2D eigenvalue weighted by Gasteiger charge is -2.00. The van der Waals surface area contributed by atoms with Gasteiger partial charge in [-0.3, -0.25) is 10.1 Å². The molecule has 80 valence electrons. The molecule has 2 aromatic rings. The van der Waals surface area contributed by atoms with E-state index < -0.39 is 22.3 Å². The van der Waals surface area contributed by atoms with Gasteiger partial charge in [0.05, 0.1) is 10.4 Å². The fourth-order valence-corrected chi connectivity index (χ4v) is 1.40. The van der Waals surface area contributed by atoms with Gasteiger partial charge in [0, 0.05) is 11.5 Å². The molecule has 0 spiro atoms. The van der Waals surface area contributed by atoms with Crippen molar-refractivity contribution in [1.29, 1.82) is 0 Å². The molecule has 0 amide bonds. The van der Waals surface area contributed by atoms with Crippen molar-refractivity contribution in [2.24, 2.45) is 0 Å². The van der Waals surface area contributed by atoms with E-state index in [0.717, 1.165) is 0 Å². The highest BCUT2D eigenvalue weighted by Crippen LogP contribution is 2.22. The van der Waals surface area contributed by atoms with Crippen LogP contribution in [-0.2, 0) is 0 Å². The maximum atomic E-state index is 10.8. The number of carboxylic acids is 1. The van der Waals surface area contributed by atoms with Crippen molar-refractivity contribution in [2.45, 2.75) is 0 Å². The zero-order valence-electron chi connectivity index (χ0n) is 7.95.